The predicted octanol–water partition coefficient (Wildman–Crippen LogP) is 4.34. The number of esters is 2. The normalized spacial score (nSPS) is 10.3. The number of hydrogen-bond donors (Lipinski definition) is 0. The van der Waals surface area contributed by atoms with Crippen molar-refractivity contribution in [2.75, 3.05) is 0 Å². The molecular formula is C21H24O4. The molecule has 0 atom stereocenters. The Morgan fingerprint density at radius 2 is 1.32 bits per heavy atom. The van der Waals surface area contributed by atoms with Gasteiger partial charge in [0.05, 0.1) is 0 Å². The van der Waals surface area contributed by atoms with E-state index < -0.39 is 0 Å². The summed E-state index contributed by atoms with van der Waals surface area (Å²) in [5.41, 5.74) is 3.09. The Bertz CT molecular complexity index is 679. The van der Waals surface area contributed by atoms with Gasteiger partial charge in [-0.3, -0.25) is 9.59 Å². The van der Waals surface area contributed by atoms with Gasteiger partial charge < -0.3 is 9.47 Å². The molecule has 0 heterocycles. The predicted molar refractivity (Wildman–Crippen MR) is 95.7 cm³/mol. The summed E-state index contributed by atoms with van der Waals surface area (Å²) in [5, 5.41) is 0. The van der Waals surface area contributed by atoms with Crippen LogP contribution in [-0.2, 0) is 32.3 Å². The zero-order chi connectivity index (χ0) is 17.9. The fourth-order valence-corrected chi connectivity index (χ4v) is 2.35. The van der Waals surface area contributed by atoms with Crippen LogP contribution in [-0.4, -0.2) is 11.9 Å². The molecule has 4 heteroatoms. The van der Waals surface area contributed by atoms with Crippen molar-refractivity contribution >= 4 is 11.9 Å². The molecule has 4 nitrogen and oxygen atoms in total. The third kappa shape index (κ3) is 7.21. The molecule has 0 aliphatic rings. The van der Waals surface area contributed by atoms with Gasteiger partial charge in [-0.25, -0.2) is 0 Å². The van der Waals surface area contributed by atoms with Crippen LogP contribution in [0.15, 0.2) is 54.6 Å². The smallest absolute Gasteiger partial charge is 0.306 e. The van der Waals surface area contributed by atoms with Crippen molar-refractivity contribution in [1.82, 2.24) is 0 Å². The van der Waals surface area contributed by atoms with Gasteiger partial charge in [0.25, 0.3) is 0 Å². The first kappa shape index (κ1) is 18.7. The van der Waals surface area contributed by atoms with Gasteiger partial charge in [0.15, 0.2) is 0 Å². The first-order valence-corrected chi connectivity index (χ1v) is 8.55. The van der Waals surface area contributed by atoms with Crippen LogP contribution in [0.5, 0.6) is 0 Å². The van der Waals surface area contributed by atoms with Crippen LogP contribution in [0.3, 0.4) is 0 Å². The molecule has 0 bridgehead atoms. The number of carbonyl (C=O) groups is 2. The average molecular weight is 340 g/mol. The van der Waals surface area contributed by atoms with Crippen molar-refractivity contribution in [2.45, 2.75) is 45.8 Å². The third-order valence-corrected chi connectivity index (χ3v) is 3.90. The van der Waals surface area contributed by atoms with Gasteiger partial charge in [0, 0.05) is 12.8 Å². The minimum Gasteiger partial charge on any atom is -0.461 e. The molecule has 0 unspecified atom stereocenters. The first-order valence-electron chi connectivity index (χ1n) is 8.55. The minimum absolute atomic E-state index is 0.235. The molecule has 0 N–H and O–H groups in total. The number of benzene rings is 2. The number of unbranched alkanes of at least 4 members (excludes halogenated alkanes) is 1. The third-order valence-electron chi connectivity index (χ3n) is 3.90. The van der Waals surface area contributed by atoms with Crippen LogP contribution >= 0.6 is 0 Å². The summed E-state index contributed by atoms with van der Waals surface area (Å²) in [5.74, 6) is -0.474. The SMILES string of the molecule is Cc1ccccc1COC(=O)CCCCC(=O)OCc1ccccc1. The molecule has 132 valence electrons. The Kier molecular flexibility index (Phi) is 7.70. The van der Waals surface area contributed by atoms with Crippen LogP contribution in [0.4, 0.5) is 0 Å². The molecule has 0 aromatic heterocycles. The lowest BCUT2D eigenvalue weighted by Crippen LogP contribution is -2.07. The standard InChI is InChI=1S/C21H24O4/c1-17-9-5-6-12-19(17)16-25-21(23)14-8-7-13-20(22)24-15-18-10-3-2-4-11-18/h2-6,9-12H,7-8,13-16H2,1H3. The van der Waals surface area contributed by atoms with E-state index in [4.69, 9.17) is 9.47 Å². The van der Waals surface area contributed by atoms with E-state index in [-0.39, 0.29) is 18.5 Å². The summed E-state index contributed by atoms with van der Waals surface area (Å²) in [4.78, 5) is 23.4. The van der Waals surface area contributed by atoms with Gasteiger partial charge in [0.2, 0.25) is 0 Å². The van der Waals surface area contributed by atoms with Crippen LogP contribution in [0, 0.1) is 6.92 Å². The van der Waals surface area contributed by atoms with E-state index in [1.807, 2.05) is 61.5 Å². The fourth-order valence-electron chi connectivity index (χ4n) is 2.35. The van der Waals surface area contributed by atoms with Gasteiger partial charge in [-0.1, -0.05) is 54.6 Å². The van der Waals surface area contributed by atoms with Crippen molar-refractivity contribution in [1.29, 1.82) is 0 Å². The molecule has 25 heavy (non-hydrogen) atoms. The maximum absolute atomic E-state index is 11.7. The van der Waals surface area contributed by atoms with Crippen LogP contribution < -0.4 is 0 Å². The zero-order valence-electron chi connectivity index (χ0n) is 14.6. The maximum atomic E-state index is 11.7. The van der Waals surface area contributed by atoms with Crippen molar-refractivity contribution in [3.05, 3.63) is 71.3 Å². The number of rotatable bonds is 9. The van der Waals surface area contributed by atoms with Crippen molar-refractivity contribution in [3.63, 3.8) is 0 Å². The van der Waals surface area contributed by atoms with Crippen molar-refractivity contribution < 1.29 is 19.1 Å². The van der Waals surface area contributed by atoms with E-state index >= 15 is 0 Å². The molecule has 0 radical (unpaired) electrons. The molecule has 0 saturated heterocycles. The van der Waals surface area contributed by atoms with Crippen LogP contribution in [0.1, 0.15) is 42.4 Å². The monoisotopic (exact) mass is 340 g/mol. The lowest BCUT2D eigenvalue weighted by molar-refractivity contribution is -0.147. The molecule has 0 aliphatic carbocycles. The molecule has 0 aliphatic heterocycles. The van der Waals surface area contributed by atoms with E-state index in [2.05, 4.69) is 0 Å². The van der Waals surface area contributed by atoms with E-state index in [0.717, 1.165) is 16.7 Å². The van der Waals surface area contributed by atoms with Crippen LogP contribution in [0.2, 0.25) is 0 Å². The zero-order valence-corrected chi connectivity index (χ0v) is 14.6. The van der Waals surface area contributed by atoms with Gasteiger partial charge in [-0.15, -0.1) is 0 Å². The lowest BCUT2D eigenvalue weighted by Gasteiger charge is -2.07. The largest absolute Gasteiger partial charge is 0.461 e. The fraction of sp³-hybridized carbons (Fsp3) is 0.333. The highest BCUT2D eigenvalue weighted by Gasteiger charge is 2.07. The van der Waals surface area contributed by atoms with E-state index in [0.29, 0.717) is 32.3 Å². The second kappa shape index (κ2) is 10.3. The van der Waals surface area contributed by atoms with Gasteiger partial charge >= 0.3 is 11.9 Å². The van der Waals surface area contributed by atoms with Crippen LogP contribution in [0.25, 0.3) is 0 Å². The maximum Gasteiger partial charge on any atom is 0.306 e. The van der Waals surface area contributed by atoms with E-state index in [1.54, 1.807) is 0 Å². The highest BCUT2D eigenvalue weighted by molar-refractivity contribution is 5.70. The lowest BCUT2D eigenvalue weighted by atomic mass is 10.1. The topological polar surface area (TPSA) is 52.6 Å². The first-order chi connectivity index (χ1) is 12.1. The number of aryl methyl sites for hydroxylation is 1. The van der Waals surface area contributed by atoms with Gasteiger partial charge in [0.1, 0.15) is 13.2 Å². The number of hydrogen-bond acceptors (Lipinski definition) is 4. The molecule has 0 spiro atoms. The summed E-state index contributed by atoms with van der Waals surface area (Å²) in [6.45, 7) is 2.58. The summed E-state index contributed by atoms with van der Waals surface area (Å²) in [7, 11) is 0. The number of ether oxygens (including phenoxy) is 2. The molecule has 0 amide bonds. The van der Waals surface area contributed by atoms with E-state index in [9.17, 15) is 9.59 Å². The molecule has 0 fully saturated rings. The molecular weight excluding hydrogens is 316 g/mol. The van der Waals surface area contributed by atoms with Crippen molar-refractivity contribution in [3.8, 4) is 0 Å². The summed E-state index contributed by atoms with van der Waals surface area (Å²) in [6, 6.07) is 17.4. The molecule has 0 saturated carbocycles. The Balaban J connectivity index is 1.55. The summed E-state index contributed by atoms with van der Waals surface area (Å²) >= 11 is 0. The highest BCUT2D eigenvalue weighted by atomic mass is 16.5. The average Bonchev–Trinajstić information content (AvgIpc) is 2.64. The van der Waals surface area contributed by atoms with E-state index in [1.165, 1.54) is 0 Å². The molecule has 2 rings (SSSR count). The second-order valence-corrected chi connectivity index (χ2v) is 5.94. The van der Waals surface area contributed by atoms with Gasteiger partial charge in [-0.05, 0) is 36.5 Å². The minimum atomic E-state index is -0.239. The Morgan fingerprint density at radius 3 is 1.96 bits per heavy atom. The van der Waals surface area contributed by atoms with Crippen molar-refractivity contribution in [2.24, 2.45) is 0 Å². The Labute approximate surface area is 148 Å². The van der Waals surface area contributed by atoms with Gasteiger partial charge in [-0.2, -0.15) is 0 Å². The molecule has 2 aromatic carbocycles. The highest BCUT2D eigenvalue weighted by Crippen LogP contribution is 2.10. The summed E-state index contributed by atoms with van der Waals surface area (Å²) in [6.07, 6.45) is 1.87. The molecule has 2 aromatic rings. The Hall–Kier alpha value is -2.62. The quantitative estimate of drug-likeness (QED) is 0.503. The number of carbonyl (C=O) groups excluding carboxylic acids is 2. The summed E-state index contributed by atoms with van der Waals surface area (Å²) < 4.78 is 10.5. The second-order valence-electron chi connectivity index (χ2n) is 5.94. The Morgan fingerprint density at radius 1 is 0.760 bits per heavy atom.